The average Bonchev–Trinajstić information content (AvgIpc) is 3.31. The van der Waals surface area contributed by atoms with E-state index in [0.29, 0.717) is 11.3 Å². The molecule has 1 aliphatic heterocycles. The van der Waals surface area contributed by atoms with Crippen molar-refractivity contribution in [2.24, 2.45) is 0 Å². The summed E-state index contributed by atoms with van der Waals surface area (Å²) in [6.07, 6.45) is 3.78. The molecule has 1 amide bonds. The number of hydrogen-bond acceptors (Lipinski definition) is 5. The lowest BCUT2D eigenvalue weighted by Crippen LogP contribution is -2.50. The van der Waals surface area contributed by atoms with Gasteiger partial charge >= 0.3 is 0 Å². The number of amides is 1. The van der Waals surface area contributed by atoms with E-state index < -0.39 is 15.8 Å². The molecule has 0 N–H and O–H groups in total. The number of nitrogens with zero attached hydrogens (tertiary/aromatic N) is 4. The highest BCUT2D eigenvalue weighted by Crippen LogP contribution is 2.23. The van der Waals surface area contributed by atoms with Crippen LogP contribution < -0.4 is 4.74 Å². The fourth-order valence-corrected chi connectivity index (χ4v) is 5.46. The summed E-state index contributed by atoms with van der Waals surface area (Å²) < 4.78 is 48.1. The molecule has 4 aromatic rings. The van der Waals surface area contributed by atoms with Gasteiger partial charge in [0.25, 0.3) is 5.91 Å². The van der Waals surface area contributed by atoms with E-state index >= 15 is 0 Å². The summed E-state index contributed by atoms with van der Waals surface area (Å²) in [4.78, 5) is 19.4. The van der Waals surface area contributed by atoms with E-state index in [1.54, 1.807) is 29.2 Å². The zero-order valence-electron chi connectivity index (χ0n) is 18.7. The number of carbonyl (C=O) groups excluding carboxylic acids is 1. The van der Waals surface area contributed by atoms with Gasteiger partial charge in [-0.05, 0) is 48.5 Å². The third-order valence-corrected chi connectivity index (χ3v) is 7.80. The number of imidazole rings is 1. The summed E-state index contributed by atoms with van der Waals surface area (Å²) in [5.74, 6) is -0.285. The second-order valence-electron chi connectivity index (χ2n) is 8.13. The molecule has 0 spiro atoms. The molecule has 2 aromatic heterocycles. The molecule has 0 atom stereocenters. The van der Waals surface area contributed by atoms with Gasteiger partial charge in [0.1, 0.15) is 23.8 Å². The topological polar surface area (TPSA) is 84.2 Å². The van der Waals surface area contributed by atoms with Gasteiger partial charge in [0.05, 0.1) is 16.2 Å². The highest BCUT2D eigenvalue weighted by atomic mass is 32.2. The molecule has 10 heteroatoms. The van der Waals surface area contributed by atoms with E-state index in [-0.39, 0.29) is 43.6 Å². The van der Waals surface area contributed by atoms with Crippen molar-refractivity contribution in [3.05, 3.63) is 96.2 Å². The van der Waals surface area contributed by atoms with Crippen molar-refractivity contribution in [3.63, 3.8) is 0 Å². The maximum Gasteiger partial charge on any atom is 0.257 e. The van der Waals surface area contributed by atoms with Crippen LogP contribution in [0.15, 0.2) is 84.0 Å². The molecule has 0 radical (unpaired) electrons. The van der Waals surface area contributed by atoms with E-state index in [4.69, 9.17) is 4.74 Å². The summed E-state index contributed by atoms with van der Waals surface area (Å²) in [6, 6.07) is 17.5. The van der Waals surface area contributed by atoms with Crippen LogP contribution in [0.3, 0.4) is 0 Å². The van der Waals surface area contributed by atoms with E-state index in [0.717, 1.165) is 23.5 Å². The van der Waals surface area contributed by atoms with Crippen molar-refractivity contribution in [1.29, 1.82) is 0 Å². The maximum absolute atomic E-state index is 13.3. The highest BCUT2D eigenvalue weighted by molar-refractivity contribution is 7.89. The van der Waals surface area contributed by atoms with Crippen LogP contribution in [0, 0.1) is 5.82 Å². The molecule has 0 aliphatic carbocycles. The monoisotopic (exact) mass is 494 g/mol. The summed E-state index contributed by atoms with van der Waals surface area (Å²) in [6.45, 7) is 0.973. The summed E-state index contributed by atoms with van der Waals surface area (Å²) in [7, 11) is -3.76. The number of para-hydroxylation sites is 1. The van der Waals surface area contributed by atoms with E-state index in [2.05, 4.69) is 4.98 Å². The van der Waals surface area contributed by atoms with Crippen molar-refractivity contribution >= 4 is 21.6 Å². The Balaban J connectivity index is 1.25. The smallest absolute Gasteiger partial charge is 0.257 e. The SMILES string of the molecule is O=C(c1ccccc1OCc1cn2ccccc2n1)N1CCN(S(=O)(=O)c2ccc(F)cc2)CC1. The minimum absolute atomic E-state index is 0.0318. The molecule has 180 valence electrons. The second-order valence-corrected chi connectivity index (χ2v) is 10.1. The zero-order valence-corrected chi connectivity index (χ0v) is 19.6. The molecule has 35 heavy (non-hydrogen) atoms. The van der Waals surface area contributed by atoms with Crippen LogP contribution in [-0.4, -0.2) is 59.1 Å². The van der Waals surface area contributed by atoms with Crippen LogP contribution in [0.4, 0.5) is 4.39 Å². The number of aromatic nitrogens is 2. The number of sulfonamides is 1. The third-order valence-electron chi connectivity index (χ3n) is 5.88. The number of benzene rings is 2. The molecule has 2 aromatic carbocycles. The predicted molar refractivity (Wildman–Crippen MR) is 127 cm³/mol. The van der Waals surface area contributed by atoms with Gasteiger partial charge in [-0.25, -0.2) is 17.8 Å². The lowest BCUT2D eigenvalue weighted by Gasteiger charge is -2.34. The van der Waals surface area contributed by atoms with Crippen LogP contribution in [0.5, 0.6) is 5.75 Å². The van der Waals surface area contributed by atoms with Crippen LogP contribution in [-0.2, 0) is 16.6 Å². The number of piperazine rings is 1. The number of hydrogen-bond donors (Lipinski definition) is 0. The van der Waals surface area contributed by atoms with Crippen molar-refractivity contribution in [1.82, 2.24) is 18.6 Å². The van der Waals surface area contributed by atoms with Gasteiger partial charge in [-0.1, -0.05) is 18.2 Å². The Hall–Kier alpha value is -3.76. The van der Waals surface area contributed by atoms with Gasteiger partial charge in [0.2, 0.25) is 10.0 Å². The Bertz CT molecular complexity index is 1430. The minimum Gasteiger partial charge on any atom is -0.486 e. The Labute approximate surface area is 202 Å². The highest BCUT2D eigenvalue weighted by Gasteiger charge is 2.31. The first-order valence-electron chi connectivity index (χ1n) is 11.1. The molecule has 1 fully saturated rings. The first-order chi connectivity index (χ1) is 16.9. The van der Waals surface area contributed by atoms with E-state index in [1.165, 1.54) is 16.4 Å². The summed E-state index contributed by atoms with van der Waals surface area (Å²) in [5.41, 5.74) is 1.95. The zero-order chi connectivity index (χ0) is 24.4. The second kappa shape index (κ2) is 9.47. The summed E-state index contributed by atoms with van der Waals surface area (Å²) >= 11 is 0. The molecule has 3 heterocycles. The molecule has 0 bridgehead atoms. The van der Waals surface area contributed by atoms with Gasteiger partial charge < -0.3 is 14.0 Å². The maximum atomic E-state index is 13.3. The van der Waals surface area contributed by atoms with Crippen molar-refractivity contribution in [3.8, 4) is 5.75 Å². The molecular formula is C25H23FN4O4S. The van der Waals surface area contributed by atoms with Crippen LogP contribution >= 0.6 is 0 Å². The normalized spacial score (nSPS) is 14.8. The lowest BCUT2D eigenvalue weighted by atomic mass is 10.1. The lowest BCUT2D eigenvalue weighted by molar-refractivity contribution is 0.0693. The first-order valence-corrected chi connectivity index (χ1v) is 12.6. The van der Waals surface area contributed by atoms with Crippen molar-refractivity contribution in [2.75, 3.05) is 26.2 Å². The summed E-state index contributed by atoms with van der Waals surface area (Å²) in [5, 5.41) is 0. The van der Waals surface area contributed by atoms with Gasteiger partial charge in [-0.15, -0.1) is 0 Å². The standard InChI is InChI=1S/C25H23FN4O4S/c26-19-8-10-21(11-9-19)35(32,33)30-15-13-28(14-16-30)25(31)22-5-1-2-6-23(22)34-18-20-17-29-12-4-3-7-24(29)27-20/h1-12,17H,13-16,18H2. The van der Waals surface area contributed by atoms with Crippen LogP contribution in [0.2, 0.25) is 0 Å². The fraction of sp³-hybridized carbons (Fsp3) is 0.200. The molecule has 1 aliphatic rings. The molecular weight excluding hydrogens is 471 g/mol. The molecule has 1 saturated heterocycles. The number of halogens is 1. The van der Waals surface area contributed by atoms with Crippen molar-refractivity contribution in [2.45, 2.75) is 11.5 Å². The van der Waals surface area contributed by atoms with E-state index in [9.17, 15) is 17.6 Å². The molecule has 5 rings (SSSR count). The predicted octanol–water partition coefficient (Wildman–Crippen LogP) is 3.20. The van der Waals surface area contributed by atoms with Crippen LogP contribution in [0.1, 0.15) is 16.1 Å². The van der Waals surface area contributed by atoms with E-state index in [1.807, 2.05) is 35.0 Å². The molecule has 0 unspecified atom stereocenters. The number of fused-ring (bicyclic) bond motifs is 1. The quantitative estimate of drug-likeness (QED) is 0.411. The number of pyridine rings is 1. The number of ether oxygens (including phenoxy) is 1. The Morgan fingerprint density at radius 1 is 0.943 bits per heavy atom. The molecule has 0 saturated carbocycles. The first kappa shape index (κ1) is 23.0. The fourth-order valence-electron chi connectivity index (χ4n) is 4.04. The van der Waals surface area contributed by atoms with Gasteiger partial charge in [-0.2, -0.15) is 4.31 Å². The number of carbonyl (C=O) groups is 1. The average molecular weight is 495 g/mol. The number of rotatable bonds is 6. The van der Waals surface area contributed by atoms with Gasteiger partial charge in [-0.3, -0.25) is 4.79 Å². The Morgan fingerprint density at radius 2 is 1.66 bits per heavy atom. The Morgan fingerprint density at radius 3 is 2.40 bits per heavy atom. The van der Waals surface area contributed by atoms with Gasteiger partial charge in [0, 0.05) is 38.6 Å². The largest absolute Gasteiger partial charge is 0.486 e. The van der Waals surface area contributed by atoms with Crippen molar-refractivity contribution < 1.29 is 22.3 Å². The third kappa shape index (κ3) is 4.75. The minimum atomic E-state index is -3.76. The van der Waals surface area contributed by atoms with Gasteiger partial charge in [0.15, 0.2) is 0 Å². The Kier molecular flexibility index (Phi) is 6.23. The van der Waals surface area contributed by atoms with Crippen LogP contribution in [0.25, 0.3) is 5.65 Å². The molecule has 8 nitrogen and oxygen atoms in total.